The zero-order valence-corrected chi connectivity index (χ0v) is 30.4. The molecule has 3 heteroatoms. The van der Waals surface area contributed by atoms with Crippen LogP contribution in [-0.4, -0.2) is 0 Å². The van der Waals surface area contributed by atoms with Crippen LogP contribution in [0.2, 0.25) is 0 Å². The summed E-state index contributed by atoms with van der Waals surface area (Å²) in [6.07, 6.45) is 0. The molecule has 9 aromatic carbocycles. The van der Waals surface area contributed by atoms with Gasteiger partial charge in [0.05, 0.1) is 16.8 Å². The molecule has 1 aliphatic carbocycles. The molecule has 0 unspecified atom stereocenters. The van der Waals surface area contributed by atoms with Crippen LogP contribution in [0.3, 0.4) is 0 Å². The van der Waals surface area contributed by atoms with Crippen molar-refractivity contribution < 1.29 is 4.42 Å². The second-order valence-corrected chi connectivity index (χ2v) is 14.9. The normalized spacial score (nSPS) is 13.5. The summed E-state index contributed by atoms with van der Waals surface area (Å²) in [4.78, 5) is 4.85. The molecule has 56 heavy (non-hydrogen) atoms. The van der Waals surface area contributed by atoms with E-state index in [1.165, 1.54) is 55.5 Å². The fourth-order valence-electron chi connectivity index (χ4n) is 9.70. The van der Waals surface area contributed by atoms with E-state index in [4.69, 9.17) is 4.42 Å². The largest absolute Gasteiger partial charge is 0.456 e. The van der Waals surface area contributed by atoms with Gasteiger partial charge < -0.3 is 14.2 Å². The predicted molar refractivity (Wildman–Crippen MR) is 231 cm³/mol. The zero-order chi connectivity index (χ0) is 36.8. The van der Waals surface area contributed by atoms with Gasteiger partial charge in [-0.2, -0.15) is 0 Å². The zero-order valence-electron chi connectivity index (χ0n) is 30.4. The Bertz CT molecular complexity index is 3130. The summed E-state index contributed by atoms with van der Waals surface area (Å²) in [6.45, 7) is 0. The van der Waals surface area contributed by atoms with Gasteiger partial charge in [-0.3, -0.25) is 0 Å². The van der Waals surface area contributed by atoms with Crippen LogP contribution in [-0.2, 0) is 5.41 Å². The third-order valence-corrected chi connectivity index (χ3v) is 12.0. The van der Waals surface area contributed by atoms with Gasteiger partial charge in [0.1, 0.15) is 11.2 Å². The summed E-state index contributed by atoms with van der Waals surface area (Å²) < 4.78 is 6.31. The predicted octanol–water partition coefficient (Wildman–Crippen LogP) is 14.4. The monoisotopic (exact) mass is 714 g/mol. The number of anilines is 6. The highest BCUT2D eigenvalue weighted by atomic mass is 16.3. The van der Waals surface area contributed by atoms with Crippen LogP contribution in [0.15, 0.2) is 211 Å². The van der Waals surface area contributed by atoms with Gasteiger partial charge in [0.2, 0.25) is 0 Å². The summed E-state index contributed by atoms with van der Waals surface area (Å²) in [5.74, 6) is 0. The molecule has 1 aromatic heterocycles. The molecule has 0 atom stereocenters. The average molecular weight is 715 g/mol. The van der Waals surface area contributed by atoms with Crippen molar-refractivity contribution in [3.63, 3.8) is 0 Å². The summed E-state index contributed by atoms with van der Waals surface area (Å²) >= 11 is 0. The first-order valence-corrected chi connectivity index (χ1v) is 19.3. The van der Waals surface area contributed by atoms with Crippen LogP contribution >= 0.6 is 0 Å². The smallest absolute Gasteiger partial charge is 0.135 e. The molecule has 262 valence electrons. The highest BCUT2D eigenvalue weighted by Gasteiger charge is 2.51. The minimum absolute atomic E-state index is 0.555. The van der Waals surface area contributed by atoms with Crippen molar-refractivity contribution in [2.45, 2.75) is 5.41 Å². The van der Waals surface area contributed by atoms with E-state index in [2.05, 4.69) is 204 Å². The van der Waals surface area contributed by atoms with Crippen molar-refractivity contribution in [1.82, 2.24) is 0 Å². The molecule has 3 nitrogen and oxygen atoms in total. The van der Waals surface area contributed by atoms with Crippen LogP contribution in [0.4, 0.5) is 34.1 Å². The first-order chi connectivity index (χ1) is 27.8. The van der Waals surface area contributed by atoms with Crippen molar-refractivity contribution in [3.05, 3.63) is 229 Å². The van der Waals surface area contributed by atoms with Gasteiger partial charge >= 0.3 is 0 Å². The Morgan fingerprint density at radius 3 is 1.77 bits per heavy atom. The Morgan fingerprint density at radius 2 is 0.946 bits per heavy atom. The van der Waals surface area contributed by atoms with Crippen LogP contribution < -0.4 is 9.80 Å². The van der Waals surface area contributed by atoms with Crippen molar-refractivity contribution in [3.8, 4) is 11.1 Å². The third-order valence-electron chi connectivity index (χ3n) is 12.0. The minimum atomic E-state index is -0.555. The van der Waals surface area contributed by atoms with Gasteiger partial charge in [0.25, 0.3) is 0 Å². The number of fused-ring (bicyclic) bond motifs is 13. The van der Waals surface area contributed by atoms with E-state index in [1.807, 2.05) is 12.1 Å². The number of para-hydroxylation sites is 4. The summed E-state index contributed by atoms with van der Waals surface area (Å²) in [5, 5.41) is 4.63. The second-order valence-electron chi connectivity index (χ2n) is 14.9. The fourth-order valence-corrected chi connectivity index (χ4v) is 9.70. The molecule has 0 fully saturated rings. The Balaban J connectivity index is 1.15. The van der Waals surface area contributed by atoms with E-state index in [9.17, 15) is 0 Å². The highest BCUT2D eigenvalue weighted by molar-refractivity contribution is 6.07. The molecule has 2 aliphatic rings. The molecule has 0 radical (unpaired) electrons. The quantitative estimate of drug-likeness (QED) is 0.181. The van der Waals surface area contributed by atoms with Gasteiger partial charge in [0.15, 0.2) is 0 Å². The van der Waals surface area contributed by atoms with Crippen molar-refractivity contribution >= 4 is 66.8 Å². The Kier molecular flexibility index (Phi) is 6.55. The molecular formula is C53H34N2O. The van der Waals surface area contributed by atoms with E-state index in [1.54, 1.807) is 0 Å². The van der Waals surface area contributed by atoms with Crippen molar-refractivity contribution in [2.24, 2.45) is 0 Å². The molecule has 1 aliphatic heterocycles. The standard InChI is InChI=1S/C53H34N2O/c1-2-16-37(17-3-1)55-49-23-11-9-21-46(49)53(47-22-10-12-24-50(47)55)45-20-8-6-18-41(45)42-30-28-40(34-48(42)53)54(38-27-26-35-14-4-5-15-36(35)32-38)39-29-31-52-44(33-39)43-19-7-13-25-51(43)56-52/h1-34H. The van der Waals surface area contributed by atoms with E-state index in [0.717, 1.165) is 44.7 Å². The van der Waals surface area contributed by atoms with E-state index >= 15 is 0 Å². The molecule has 1 spiro atoms. The van der Waals surface area contributed by atoms with Crippen LogP contribution in [0.1, 0.15) is 22.3 Å². The number of benzene rings is 9. The van der Waals surface area contributed by atoms with Crippen LogP contribution in [0.5, 0.6) is 0 Å². The lowest BCUT2D eigenvalue weighted by molar-refractivity contribution is 0.669. The lowest BCUT2D eigenvalue weighted by Gasteiger charge is -2.45. The van der Waals surface area contributed by atoms with E-state index in [0.29, 0.717) is 0 Å². The number of nitrogens with zero attached hydrogens (tertiary/aromatic N) is 2. The number of rotatable bonds is 4. The Hall–Kier alpha value is -7.36. The maximum atomic E-state index is 6.31. The van der Waals surface area contributed by atoms with E-state index in [-0.39, 0.29) is 0 Å². The van der Waals surface area contributed by atoms with E-state index < -0.39 is 5.41 Å². The molecule has 0 bridgehead atoms. The van der Waals surface area contributed by atoms with Gasteiger partial charge in [-0.15, -0.1) is 0 Å². The lowest BCUT2D eigenvalue weighted by atomic mass is 9.64. The third kappa shape index (κ3) is 4.28. The molecule has 0 saturated heterocycles. The molecule has 0 saturated carbocycles. The molecule has 2 heterocycles. The molecule has 0 N–H and O–H groups in total. The fraction of sp³-hybridized carbons (Fsp3) is 0.0189. The van der Waals surface area contributed by atoms with Crippen molar-refractivity contribution in [1.29, 1.82) is 0 Å². The Morgan fingerprint density at radius 1 is 0.375 bits per heavy atom. The van der Waals surface area contributed by atoms with Gasteiger partial charge in [-0.05, 0) is 117 Å². The molecular weight excluding hydrogens is 681 g/mol. The highest BCUT2D eigenvalue weighted by Crippen LogP contribution is 2.64. The maximum Gasteiger partial charge on any atom is 0.135 e. The second kappa shape index (κ2) is 11.8. The maximum absolute atomic E-state index is 6.31. The SMILES string of the molecule is c1ccc(N2c3ccccc3C3(c4ccccc4-c4ccc(N(c5ccc6ccccc6c5)c5ccc6oc7ccccc7c6c5)cc43)c3ccccc32)cc1. The Labute approximate surface area is 324 Å². The van der Waals surface area contributed by atoms with Gasteiger partial charge in [-0.25, -0.2) is 0 Å². The minimum Gasteiger partial charge on any atom is -0.456 e. The first kappa shape index (κ1) is 31.0. The molecule has 0 amide bonds. The summed E-state index contributed by atoms with van der Waals surface area (Å²) in [7, 11) is 0. The molecule has 12 rings (SSSR count). The number of hydrogen-bond acceptors (Lipinski definition) is 3. The topological polar surface area (TPSA) is 19.6 Å². The number of furan rings is 1. The van der Waals surface area contributed by atoms with Gasteiger partial charge in [-0.1, -0.05) is 133 Å². The van der Waals surface area contributed by atoms with Crippen LogP contribution in [0.25, 0.3) is 43.8 Å². The first-order valence-electron chi connectivity index (χ1n) is 19.3. The van der Waals surface area contributed by atoms with Crippen molar-refractivity contribution in [2.75, 3.05) is 9.80 Å². The molecule has 10 aromatic rings. The van der Waals surface area contributed by atoms with Gasteiger partial charge in [0, 0.05) is 33.5 Å². The lowest BCUT2D eigenvalue weighted by Crippen LogP contribution is -2.36. The summed E-state index contributed by atoms with van der Waals surface area (Å²) in [6, 6.07) is 75.3. The summed E-state index contributed by atoms with van der Waals surface area (Å²) in [5.41, 5.74) is 15.7. The van der Waals surface area contributed by atoms with Crippen LogP contribution in [0, 0.1) is 0 Å². The number of hydrogen-bond donors (Lipinski definition) is 0. The average Bonchev–Trinajstić information content (AvgIpc) is 3.78.